The van der Waals surface area contributed by atoms with Crippen molar-refractivity contribution in [1.29, 1.82) is 0 Å². The van der Waals surface area contributed by atoms with Crippen LogP contribution in [-0.4, -0.2) is 35.0 Å². The number of carboxylic acids is 1. The zero-order valence-corrected chi connectivity index (χ0v) is 9.50. The summed E-state index contributed by atoms with van der Waals surface area (Å²) in [6.07, 6.45) is 1.42. The second-order valence-corrected chi connectivity index (χ2v) is 4.29. The van der Waals surface area contributed by atoms with Gasteiger partial charge in [0.25, 0.3) is 5.91 Å². The maximum absolute atomic E-state index is 12.1. The van der Waals surface area contributed by atoms with E-state index < -0.39 is 11.9 Å². The first kappa shape index (κ1) is 11.6. The van der Waals surface area contributed by atoms with Crippen molar-refractivity contribution in [3.05, 3.63) is 35.9 Å². The van der Waals surface area contributed by atoms with Gasteiger partial charge in [-0.25, -0.2) is 0 Å². The normalized spacial score (nSPS) is 20.0. The highest BCUT2D eigenvalue weighted by Gasteiger charge is 2.28. The molecule has 0 aromatic heterocycles. The highest BCUT2D eigenvalue weighted by molar-refractivity contribution is 5.94. The van der Waals surface area contributed by atoms with Crippen molar-refractivity contribution in [3.8, 4) is 0 Å². The summed E-state index contributed by atoms with van der Waals surface area (Å²) in [7, 11) is 0. The van der Waals surface area contributed by atoms with E-state index in [-0.39, 0.29) is 5.91 Å². The smallest absolute Gasteiger partial charge is 0.308 e. The number of nitrogens with zero attached hydrogens (tertiary/aromatic N) is 1. The number of aliphatic carboxylic acids is 1. The molecule has 0 spiro atoms. The SMILES string of the molecule is O=C(O)C1CCCN(C(=O)c2ccccc2)C1. The van der Waals surface area contributed by atoms with Gasteiger partial charge in [-0.15, -0.1) is 0 Å². The van der Waals surface area contributed by atoms with Crippen molar-refractivity contribution in [2.45, 2.75) is 12.8 Å². The molecule has 90 valence electrons. The second kappa shape index (κ2) is 4.99. The van der Waals surface area contributed by atoms with Gasteiger partial charge in [-0.3, -0.25) is 9.59 Å². The molecule has 1 aromatic rings. The van der Waals surface area contributed by atoms with E-state index in [1.165, 1.54) is 0 Å². The molecule has 0 aliphatic carbocycles. The Bertz CT molecular complexity index is 416. The number of hydrogen-bond donors (Lipinski definition) is 1. The standard InChI is InChI=1S/C13H15NO3/c15-12(10-5-2-1-3-6-10)14-8-4-7-11(9-14)13(16)17/h1-3,5-6,11H,4,7-9H2,(H,16,17). The van der Waals surface area contributed by atoms with Gasteiger partial charge < -0.3 is 10.0 Å². The fourth-order valence-corrected chi connectivity index (χ4v) is 2.13. The molecular weight excluding hydrogens is 218 g/mol. The predicted octanol–water partition coefficient (Wildman–Crippen LogP) is 1.62. The van der Waals surface area contributed by atoms with Crippen LogP contribution in [0.3, 0.4) is 0 Å². The average Bonchev–Trinajstić information content (AvgIpc) is 2.39. The first-order chi connectivity index (χ1) is 8.18. The summed E-state index contributed by atoms with van der Waals surface area (Å²) in [6, 6.07) is 8.99. The maximum Gasteiger partial charge on any atom is 0.308 e. The van der Waals surface area contributed by atoms with E-state index in [4.69, 9.17) is 5.11 Å². The summed E-state index contributed by atoms with van der Waals surface area (Å²) in [5.74, 6) is -1.30. The van der Waals surface area contributed by atoms with Crippen molar-refractivity contribution in [3.63, 3.8) is 0 Å². The summed E-state index contributed by atoms with van der Waals surface area (Å²) >= 11 is 0. The van der Waals surface area contributed by atoms with E-state index in [9.17, 15) is 9.59 Å². The number of carbonyl (C=O) groups is 2. The van der Waals surface area contributed by atoms with Gasteiger partial charge in [-0.05, 0) is 25.0 Å². The molecule has 1 unspecified atom stereocenters. The lowest BCUT2D eigenvalue weighted by Crippen LogP contribution is -2.42. The van der Waals surface area contributed by atoms with Gasteiger partial charge in [-0.2, -0.15) is 0 Å². The maximum atomic E-state index is 12.1. The minimum absolute atomic E-state index is 0.0726. The molecule has 1 aliphatic heterocycles. The van der Waals surface area contributed by atoms with Gasteiger partial charge >= 0.3 is 5.97 Å². The Morgan fingerprint density at radius 2 is 1.94 bits per heavy atom. The van der Waals surface area contributed by atoms with E-state index in [1.54, 1.807) is 17.0 Å². The fraction of sp³-hybridized carbons (Fsp3) is 0.385. The average molecular weight is 233 g/mol. The molecule has 17 heavy (non-hydrogen) atoms. The minimum Gasteiger partial charge on any atom is -0.481 e. The zero-order valence-electron chi connectivity index (χ0n) is 9.50. The second-order valence-electron chi connectivity index (χ2n) is 4.29. The summed E-state index contributed by atoms with van der Waals surface area (Å²) in [5, 5.41) is 8.97. The Morgan fingerprint density at radius 3 is 2.59 bits per heavy atom. The Morgan fingerprint density at radius 1 is 1.24 bits per heavy atom. The van der Waals surface area contributed by atoms with Crippen LogP contribution in [0.5, 0.6) is 0 Å². The third-order valence-electron chi connectivity index (χ3n) is 3.08. The van der Waals surface area contributed by atoms with Crippen LogP contribution in [0.1, 0.15) is 23.2 Å². The van der Waals surface area contributed by atoms with Gasteiger partial charge in [-0.1, -0.05) is 18.2 Å². The molecule has 1 heterocycles. The van der Waals surface area contributed by atoms with Crippen LogP contribution >= 0.6 is 0 Å². The van der Waals surface area contributed by atoms with E-state index >= 15 is 0 Å². The van der Waals surface area contributed by atoms with Crippen molar-refractivity contribution in [1.82, 2.24) is 4.90 Å². The van der Waals surface area contributed by atoms with Crippen molar-refractivity contribution >= 4 is 11.9 Å². The molecule has 4 heteroatoms. The van der Waals surface area contributed by atoms with Crippen LogP contribution in [0, 0.1) is 5.92 Å². The van der Waals surface area contributed by atoms with Gasteiger partial charge in [0.15, 0.2) is 0 Å². The van der Waals surface area contributed by atoms with Crippen LogP contribution in [0.2, 0.25) is 0 Å². The van der Waals surface area contributed by atoms with Crippen LogP contribution in [0.15, 0.2) is 30.3 Å². The van der Waals surface area contributed by atoms with Gasteiger partial charge in [0, 0.05) is 18.7 Å². The molecule has 1 N–H and O–H groups in total. The Kier molecular flexibility index (Phi) is 3.42. The van der Waals surface area contributed by atoms with Crippen molar-refractivity contribution in [2.24, 2.45) is 5.92 Å². The molecule has 1 amide bonds. The number of benzene rings is 1. The number of likely N-dealkylation sites (tertiary alicyclic amines) is 1. The third kappa shape index (κ3) is 2.64. The molecule has 1 fully saturated rings. The topological polar surface area (TPSA) is 57.6 Å². The van der Waals surface area contributed by atoms with E-state index in [1.807, 2.05) is 18.2 Å². The first-order valence-electron chi connectivity index (χ1n) is 5.75. The Labute approximate surface area is 99.9 Å². The third-order valence-corrected chi connectivity index (χ3v) is 3.08. The summed E-state index contributed by atoms with van der Waals surface area (Å²) in [4.78, 5) is 24.7. The lowest BCUT2D eigenvalue weighted by molar-refractivity contribution is -0.143. The highest BCUT2D eigenvalue weighted by Crippen LogP contribution is 2.18. The van der Waals surface area contributed by atoms with Crippen molar-refractivity contribution in [2.75, 3.05) is 13.1 Å². The van der Waals surface area contributed by atoms with E-state index in [0.717, 1.165) is 6.42 Å². The number of carboxylic acid groups (broad SMARTS) is 1. The summed E-state index contributed by atoms with van der Waals surface area (Å²) < 4.78 is 0. The number of amides is 1. The van der Waals surface area contributed by atoms with Crippen molar-refractivity contribution < 1.29 is 14.7 Å². The molecule has 0 saturated carbocycles. The quantitative estimate of drug-likeness (QED) is 0.844. The van der Waals surface area contributed by atoms with Gasteiger partial charge in [0.05, 0.1) is 5.92 Å². The molecule has 1 atom stereocenters. The van der Waals surface area contributed by atoms with Crippen LogP contribution in [0.25, 0.3) is 0 Å². The lowest BCUT2D eigenvalue weighted by atomic mass is 9.97. The monoisotopic (exact) mass is 233 g/mol. The highest BCUT2D eigenvalue weighted by atomic mass is 16.4. The van der Waals surface area contributed by atoms with E-state index in [0.29, 0.717) is 25.1 Å². The first-order valence-corrected chi connectivity index (χ1v) is 5.75. The van der Waals surface area contributed by atoms with Gasteiger partial charge in [0.2, 0.25) is 0 Å². The molecule has 1 aliphatic rings. The molecule has 2 rings (SSSR count). The van der Waals surface area contributed by atoms with Crippen LogP contribution in [0.4, 0.5) is 0 Å². The zero-order chi connectivity index (χ0) is 12.3. The number of rotatable bonds is 2. The van der Waals surface area contributed by atoms with Gasteiger partial charge in [0.1, 0.15) is 0 Å². The fourth-order valence-electron chi connectivity index (χ4n) is 2.13. The largest absolute Gasteiger partial charge is 0.481 e. The minimum atomic E-state index is -0.810. The number of hydrogen-bond acceptors (Lipinski definition) is 2. The van der Waals surface area contributed by atoms with E-state index in [2.05, 4.69) is 0 Å². The molecule has 1 aromatic carbocycles. The van der Waals surface area contributed by atoms with Crippen LogP contribution in [-0.2, 0) is 4.79 Å². The molecule has 0 radical (unpaired) electrons. The lowest BCUT2D eigenvalue weighted by Gasteiger charge is -2.30. The predicted molar refractivity (Wildman–Crippen MR) is 62.7 cm³/mol. The molecule has 1 saturated heterocycles. The Hall–Kier alpha value is -1.84. The van der Waals surface area contributed by atoms with Crippen LogP contribution < -0.4 is 0 Å². The number of piperidine rings is 1. The summed E-state index contributed by atoms with van der Waals surface area (Å²) in [5.41, 5.74) is 0.624. The molecule has 0 bridgehead atoms. The molecule has 4 nitrogen and oxygen atoms in total. The number of carbonyl (C=O) groups excluding carboxylic acids is 1. The summed E-state index contributed by atoms with van der Waals surface area (Å²) in [6.45, 7) is 0.973. The Balaban J connectivity index is 2.07. The molecular formula is C13H15NO3.